The molecule has 1 amide bonds. The molecule has 1 atom stereocenters. The molecule has 1 fully saturated rings. The van der Waals surface area contributed by atoms with Gasteiger partial charge in [-0.3, -0.25) is 4.79 Å². The molecule has 0 aromatic heterocycles. The second-order valence-electron chi connectivity index (χ2n) is 7.04. The normalized spacial score (nSPS) is 17.1. The number of carbonyl (C=O) groups is 1. The van der Waals surface area contributed by atoms with E-state index < -0.39 is 0 Å². The Labute approximate surface area is 155 Å². The van der Waals surface area contributed by atoms with Crippen LogP contribution >= 0.6 is 0 Å². The predicted octanol–water partition coefficient (Wildman–Crippen LogP) is 3.10. The average Bonchev–Trinajstić information content (AvgIpc) is 2.69. The lowest BCUT2D eigenvalue weighted by molar-refractivity contribution is 0.0707. The zero-order valence-electron chi connectivity index (χ0n) is 15.4. The van der Waals surface area contributed by atoms with Crippen molar-refractivity contribution in [3.05, 3.63) is 70.8 Å². The molecular weight excluding hydrogens is 324 g/mol. The molecule has 2 aromatic rings. The van der Waals surface area contributed by atoms with Crippen LogP contribution in [0.1, 0.15) is 45.8 Å². The number of hydrogen-bond donors (Lipinski definition) is 2. The Morgan fingerprint density at radius 1 is 1.19 bits per heavy atom. The number of aliphatic hydroxyl groups is 1. The molecule has 1 heterocycles. The first kappa shape index (κ1) is 18.6. The van der Waals surface area contributed by atoms with Gasteiger partial charge < -0.3 is 15.3 Å². The molecule has 4 heteroatoms. The number of amides is 1. The molecule has 1 aliphatic rings. The van der Waals surface area contributed by atoms with Gasteiger partial charge in [0.25, 0.3) is 5.91 Å². The van der Waals surface area contributed by atoms with Gasteiger partial charge in [-0.05, 0) is 61.1 Å². The third kappa shape index (κ3) is 4.51. The van der Waals surface area contributed by atoms with Crippen LogP contribution in [0.2, 0.25) is 0 Å². The summed E-state index contributed by atoms with van der Waals surface area (Å²) in [6, 6.07) is 16.1. The van der Waals surface area contributed by atoms with E-state index >= 15 is 0 Å². The highest BCUT2D eigenvalue weighted by Gasteiger charge is 2.19. The number of nitrogens with one attached hydrogen (secondary N) is 1. The minimum atomic E-state index is -0.0382. The second kappa shape index (κ2) is 8.97. The quantitative estimate of drug-likeness (QED) is 0.840. The molecule has 0 unspecified atom stereocenters. The van der Waals surface area contributed by atoms with Crippen molar-refractivity contribution < 1.29 is 9.90 Å². The fourth-order valence-corrected chi connectivity index (χ4v) is 3.58. The first-order valence-electron chi connectivity index (χ1n) is 9.44. The van der Waals surface area contributed by atoms with Gasteiger partial charge in [0.2, 0.25) is 0 Å². The van der Waals surface area contributed by atoms with E-state index in [9.17, 15) is 9.90 Å². The first-order valence-corrected chi connectivity index (χ1v) is 9.44. The maximum Gasteiger partial charge on any atom is 0.254 e. The second-order valence-corrected chi connectivity index (χ2v) is 7.04. The third-order valence-electron chi connectivity index (χ3n) is 5.21. The molecule has 0 saturated carbocycles. The van der Waals surface area contributed by atoms with Crippen molar-refractivity contribution in [2.45, 2.75) is 32.2 Å². The summed E-state index contributed by atoms with van der Waals surface area (Å²) in [7, 11) is 0. The van der Waals surface area contributed by atoms with E-state index in [0.717, 1.165) is 24.2 Å². The van der Waals surface area contributed by atoms with Crippen molar-refractivity contribution in [3.8, 4) is 0 Å². The molecule has 0 radical (unpaired) electrons. The summed E-state index contributed by atoms with van der Waals surface area (Å²) in [6.45, 7) is 4.97. The van der Waals surface area contributed by atoms with Gasteiger partial charge >= 0.3 is 0 Å². The molecule has 26 heavy (non-hydrogen) atoms. The Morgan fingerprint density at radius 3 is 2.62 bits per heavy atom. The fourth-order valence-electron chi connectivity index (χ4n) is 3.58. The molecule has 4 nitrogen and oxygen atoms in total. The number of benzene rings is 2. The lowest BCUT2D eigenvalue weighted by Gasteiger charge is -2.25. The molecule has 3 rings (SSSR count). The van der Waals surface area contributed by atoms with Gasteiger partial charge in [0.1, 0.15) is 0 Å². The van der Waals surface area contributed by atoms with Crippen LogP contribution in [0.25, 0.3) is 0 Å². The summed E-state index contributed by atoms with van der Waals surface area (Å²) >= 11 is 0. The van der Waals surface area contributed by atoms with E-state index in [1.807, 2.05) is 43.3 Å². The maximum absolute atomic E-state index is 12.9. The topological polar surface area (TPSA) is 52.6 Å². The number of carbonyl (C=O) groups excluding carboxylic acids is 1. The van der Waals surface area contributed by atoms with Crippen molar-refractivity contribution in [1.82, 2.24) is 10.2 Å². The van der Waals surface area contributed by atoms with Crippen molar-refractivity contribution in [1.29, 1.82) is 0 Å². The first-order chi connectivity index (χ1) is 12.7. The molecule has 2 aromatic carbocycles. The standard InChI is InChI=1S/C22H28N2O2/c1-17-5-2-3-6-21(17)16-24(13-14-25)22(26)19-10-8-18(9-11-19)20-7-4-12-23-15-20/h2-3,5-6,8-11,20,23,25H,4,7,12-16H2,1H3/t20-/m1/s1. The number of piperidine rings is 1. The minimum absolute atomic E-state index is 0.0318. The smallest absolute Gasteiger partial charge is 0.254 e. The van der Waals surface area contributed by atoms with Crippen LogP contribution in [0.5, 0.6) is 0 Å². The Bertz CT molecular complexity index is 721. The highest BCUT2D eigenvalue weighted by molar-refractivity contribution is 5.94. The predicted molar refractivity (Wildman–Crippen MR) is 104 cm³/mol. The SMILES string of the molecule is Cc1ccccc1CN(CCO)C(=O)c1ccc([C@@H]2CCCNC2)cc1. The lowest BCUT2D eigenvalue weighted by Crippen LogP contribution is -2.33. The lowest BCUT2D eigenvalue weighted by atomic mass is 9.91. The molecule has 1 saturated heterocycles. The Hall–Kier alpha value is -2.17. The average molecular weight is 352 g/mol. The highest BCUT2D eigenvalue weighted by atomic mass is 16.3. The van der Waals surface area contributed by atoms with E-state index in [1.54, 1.807) is 4.90 Å². The Balaban J connectivity index is 1.73. The van der Waals surface area contributed by atoms with Crippen LogP contribution in [0.15, 0.2) is 48.5 Å². The monoisotopic (exact) mass is 352 g/mol. The van der Waals surface area contributed by atoms with Crippen molar-refractivity contribution in [2.75, 3.05) is 26.2 Å². The summed E-state index contributed by atoms with van der Waals surface area (Å²) in [6.07, 6.45) is 2.40. The molecular formula is C22H28N2O2. The van der Waals surface area contributed by atoms with Crippen LogP contribution in [-0.4, -0.2) is 42.2 Å². The molecule has 138 valence electrons. The zero-order valence-corrected chi connectivity index (χ0v) is 15.4. The summed E-state index contributed by atoms with van der Waals surface area (Å²) in [4.78, 5) is 14.7. The number of nitrogens with zero attached hydrogens (tertiary/aromatic N) is 1. The van der Waals surface area contributed by atoms with Gasteiger partial charge in [-0.15, -0.1) is 0 Å². The number of rotatable bonds is 6. The summed E-state index contributed by atoms with van der Waals surface area (Å²) in [5, 5.41) is 12.8. The van der Waals surface area contributed by atoms with Crippen LogP contribution in [0.4, 0.5) is 0 Å². The van der Waals surface area contributed by atoms with Crippen molar-refractivity contribution in [2.24, 2.45) is 0 Å². The molecule has 1 aliphatic heterocycles. The summed E-state index contributed by atoms with van der Waals surface area (Å²) in [5.74, 6) is 0.504. The van der Waals surface area contributed by atoms with E-state index in [1.165, 1.54) is 18.4 Å². The molecule has 0 bridgehead atoms. The van der Waals surface area contributed by atoms with Gasteiger partial charge in [0.05, 0.1) is 6.61 Å². The van der Waals surface area contributed by atoms with Gasteiger partial charge in [-0.1, -0.05) is 36.4 Å². The highest BCUT2D eigenvalue weighted by Crippen LogP contribution is 2.24. The van der Waals surface area contributed by atoms with Crippen LogP contribution in [-0.2, 0) is 6.54 Å². The number of hydrogen-bond acceptors (Lipinski definition) is 3. The molecule has 0 spiro atoms. The Morgan fingerprint density at radius 2 is 1.96 bits per heavy atom. The fraction of sp³-hybridized carbons (Fsp3) is 0.409. The van der Waals surface area contributed by atoms with E-state index in [-0.39, 0.29) is 12.5 Å². The number of aryl methyl sites for hydroxylation is 1. The number of aliphatic hydroxyl groups excluding tert-OH is 1. The zero-order chi connectivity index (χ0) is 18.4. The maximum atomic E-state index is 12.9. The molecule has 2 N–H and O–H groups in total. The van der Waals surface area contributed by atoms with Crippen LogP contribution in [0, 0.1) is 6.92 Å². The molecule has 0 aliphatic carbocycles. The van der Waals surface area contributed by atoms with Gasteiger partial charge in [0, 0.05) is 25.2 Å². The van der Waals surface area contributed by atoms with Crippen molar-refractivity contribution in [3.63, 3.8) is 0 Å². The third-order valence-corrected chi connectivity index (χ3v) is 5.21. The summed E-state index contributed by atoms with van der Waals surface area (Å²) in [5.41, 5.74) is 4.24. The van der Waals surface area contributed by atoms with E-state index in [2.05, 4.69) is 17.4 Å². The van der Waals surface area contributed by atoms with E-state index in [0.29, 0.717) is 24.6 Å². The van der Waals surface area contributed by atoms with E-state index in [4.69, 9.17) is 0 Å². The van der Waals surface area contributed by atoms with Gasteiger partial charge in [-0.25, -0.2) is 0 Å². The van der Waals surface area contributed by atoms with Gasteiger partial charge in [0.15, 0.2) is 0 Å². The van der Waals surface area contributed by atoms with Crippen LogP contribution in [0.3, 0.4) is 0 Å². The Kier molecular flexibility index (Phi) is 6.42. The van der Waals surface area contributed by atoms with Gasteiger partial charge in [-0.2, -0.15) is 0 Å². The summed E-state index contributed by atoms with van der Waals surface area (Å²) < 4.78 is 0. The largest absolute Gasteiger partial charge is 0.395 e. The van der Waals surface area contributed by atoms with Crippen LogP contribution < -0.4 is 5.32 Å². The minimum Gasteiger partial charge on any atom is -0.395 e. The van der Waals surface area contributed by atoms with Crippen molar-refractivity contribution >= 4 is 5.91 Å².